The van der Waals surface area contributed by atoms with Crippen molar-refractivity contribution in [3.63, 3.8) is 0 Å². The Balaban J connectivity index is 3.33. The summed E-state index contributed by atoms with van der Waals surface area (Å²) in [5.74, 6) is 0. The lowest BCUT2D eigenvalue weighted by molar-refractivity contribution is -0.385. The summed E-state index contributed by atoms with van der Waals surface area (Å²) in [4.78, 5) is 30.3. The first kappa shape index (κ1) is 9.05. The molecule has 0 N–H and O–H groups in total. The van der Waals surface area contributed by atoms with Crippen molar-refractivity contribution >= 4 is 18.3 Å². The molecule has 1 rings (SSSR count). The van der Waals surface area contributed by atoms with E-state index in [4.69, 9.17) is 0 Å². The highest BCUT2D eigenvalue weighted by molar-refractivity contribution is 5.85. The molecule has 0 fully saturated rings. The van der Waals surface area contributed by atoms with Gasteiger partial charge >= 0.3 is 0 Å². The topological polar surface area (TPSA) is 77.3 Å². The number of nitro benzene ring substituents is 1. The first-order valence-corrected chi connectivity index (χ1v) is 3.38. The average molecular weight is 179 g/mol. The normalized spacial score (nSPS) is 9.23. The molecular formula is C8H5NO4. The minimum absolute atomic E-state index is 0.0319. The fraction of sp³-hybridized carbons (Fsp3) is 0. The van der Waals surface area contributed by atoms with Crippen LogP contribution in [0.25, 0.3) is 0 Å². The van der Waals surface area contributed by atoms with Crippen LogP contribution in [-0.2, 0) is 0 Å². The van der Waals surface area contributed by atoms with Crippen LogP contribution in [0.3, 0.4) is 0 Å². The maximum atomic E-state index is 10.4. The standard InChI is InChI=1S/C8H5NO4/c10-4-6-1-2-7(5-11)8(3-6)9(12)13/h1-5H. The Labute approximate surface area is 73.1 Å². The van der Waals surface area contributed by atoms with E-state index < -0.39 is 4.92 Å². The van der Waals surface area contributed by atoms with E-state index in [0.29, 0.717) is 12.6 Å². The number of hydrogen-bond donors (Lipinski definition) is 0. The molecule has 0 saturated carbocycles. The summed E-state index contributed by atoms with van der Waals surface area (Å²) in [6.45, 7) is 0. The third-order valence-corrected chi connectivity index (χ3v) is 1.51. The van der Waals surface area contributed by atoms with Gasteiger partial charge in [0.25, 0.3) is 5.69 Å². The lowest BCUT2D eigenvalue weighted by atomic mass is 10.1. The van der Waals surface area contributed by atoms with E-state index in [1.807, 2.05) is 0 Å². The molecular weight excluding hydrogens is 174 g/mol. The first-order valence-electron chi connectivity index (χ1n) is 3.38. The molecule has 1 aromatic rings. The Morgan fingerprint density at radius 2 is 1.92 bits per heavy atom. The zero-order valence-electron chi connectivity index (χ0n) is 6.47. The molecule has 0 spiro atoms. The van der Waals surface area contributed by atoms with E-state index in [1.165, 1.54) is 12.1 Å². The highest BCUT2D eigenvalue weighted by Gasteiger charge is 2.13. The van der Waals surface area contributed by atoms with E-state index in [2.05, 4.69) is 0 Å². The van der Waals surface area contributed by atoms with E-state index in [0.717, 1.165) is 6.07 Å². The summed E-state index contributed by atoms with van der Waals surface area (Å²) in [5, 5.41) is 10.4. The van der Waals surface area contributed by atoms with Crippen LogP contribution < -0.4 is 0 Å². The van der Waals surface area contributed by atoms with Gasteiger partial charge in [0, 0.05) is 11.6 Å². The van der Waals surface area contributed by atoms with Crippen LogP contribution in [0.2, 0.25) is 0 Å². The van der Waals surface area contributed by atoms with Crippen molar-refractivity contribution in [3.05, 3.63) is 39.4 Å². The van der Waals surface area contributed by atoms with Gasteiger partial charge in [0.2, 0.25) is 0 Å². The lowest BCUT2D eigenvalue weighted by Gasteiger charge is -1.95. The lowest BCUT2D eigenvalue weighted by Crippen LogP contribution is -1.95. The van der Waals surface area contributed by atoms with Crippen molar-refractivity contribution in [2.24, 2.45) is 0 Å². The van der Waals surface area contributed by atoms with Crippen molar-refractivity contribution in [2.75, 3.05) is 0 Å². The maximum Gasteiger partial charge on any atom is 0.280 e. The van der Waals surface area contributed by atoms with E-state index in [-0.39, 0.29) is 16.8 Å². The fourth-order valence-electron chi connectivity index (χ4n) is 0.892. The van der Waals surface area contributed by atoms with Crippen LogP contribution in [0.5, 0.6) is 0 Å². The number of carbonyl (C=O) groups excluding carboxylic acids is 2. The Morgan fingerprint density at radius 1 is 1.23 bits per heavy atom. The second-order valence-electron chi connectivity index (χ2n) is 2.31. The summed E-state index contributed by atoms with van der Waals surface area (Å²) < 4.78 is 0. The number of hydrogen-bond acceptors (Lipinski definition) is 4. The molecule has 1 aromatic carbocycles. The second kappa shape index (κ2) is 3.57. The van der Waals surface area contributed by atoms with Crippen molar-refractivity contribution < 1.29 is 14.5 Å². The zero-order chi connectivity index (χ0) is 9.84. The van der Waals surface area contributed by atoms with E-state index in [9.17, 15) is 19.7 Å². The maximum absolute atomic E-state index is 10.4. The molecule has 0 unspecified atom stereocenters. The van der Waals surface area contributed by atoms with Gasteiger partial charge in [-0.15, -0.1) is 0 Å². The molecule has 0 amide bonds. The molecule has 5 nitrogen and oxygen atoms in total. The number of carbonyl (C=O) groups is 2. The molecule has 0 saturated heterocycles. The molecule has 13 heavy (non-hydrogen) atoms. The first-order chi connectivity index (χ1) is 6.19. The van der Waals surface area contributed by atoms with Gasteiger partial charge in [-0.05, 0) is 6.07 Å². The number of nitro groups is 1. The van der Waals surface area contributed by atoms with Gasteiger partial charge in [-0.2, -0.15) is 0 Å². The summed E-state index contributed by atoms with van der Waals surface area (Å²) in [6.07, 6.45) is 0.869. The highest BCUT2D eigenvalue weighted by atomic mass is 16.6. The van der Waals surface area contributed by atoms with Gasteiger partial charge in [0.05, 0.1) is 10.5 Å². The number of aldehydes is 2. The predicted molar refractivity (Wildman–Crippen MR) is 43.9 cm³/mol. The van der Waals surface area contributed by atoms with Gasteiger partial charge in [0.1, 0.15) is 6.29 Å². The van der Waals surface area contributed by atoms with Gasteiger partial charge in [-0.25, -0.2) is 0 Å². The van der Waals surface area contributed by atoms with Crippen LogP contribution in [0.1, 0.15) is 20.7 Å². The Hall–Kier alpha value is -2.04. The smallest absolute Gasteiger partial charge is 0.280 e. The molecule has 66 valence electrons. The largest absolute Gasteiger partial charge is 0.298 e. The molecule has 0 bridgehead atoms. The molecule has 0 radical (unpaired) electrons. The van der Waals surface area contributed by atoms with Crippen LogP contribution in [-0.4, -0.2) is 17.5 Å². The zero-order valence-corrected chi connectivity index (χ0v) is 6.47. The second-order valence-corrected chi connectivity index (χ2v) is 2.31. The van der Waals surface area contributed by atoms with Crippen molar-refractivity contribution in [1.29, 1.82) is 0 Å². The SMILES string of the molecule is O=Cc1ccc(C=O)c([N+](=O)[O-])c1. The van der Waals surface area contributed by atoms with Gasteiger partial charge < -0.3 is 0 Å². The third-order valence-electron chi connectivity index (χ3n) is 1.51. The quantitative estimate of drug-likeness (QED) is 0.397. The Bertz CT molecular complexity index is 372. The average Bonchev–Trinajstić information content (AvgIpc) is 2.16. The predicted octanol–water partition coefficient (Wildman–Crippen LogP) is 1.22. The van der Waals surface area contributed by atoms with Crippen LogP contribution in [0, 0.1) is 10.1 Å². The van der Waals surface area contributed by atoms with Crippen LogP contribution >= 0.6 is 0 Å². The summed E-state index contributed by atoms with van der Waals surface area (Å²) in [5.41, 5.74) is -0.201. The van der Waals surface area contributed by atoms with E-state index in [1.54, 1.807) is 0 Å². The molecule has 0 aliphatic carbocycles. The minimum Gasteiger partial charge on any atom is -0.298 e. The van der Waals surface area contributed by atoms with Crippen LogP contribution in [0.4, 0.5) is 5.69 Å². The Morgan fingerprint density at radius 3 is 2.38 bits per heavy atom. The Kier molecular flexibility index (Phi) is 2.49. The van der Waals surface area contributed by atoms with E-state index >= 15 is 0 Å². The van der Waals surface area contributed by atoms with Gasteiger partial charge in [0.15, 0.2) is 6.29 Å². The van der Waals surface area contributed by atoms with Crippen molar-refractivity contribution in [1.82, 2.24) is 0 Å². The third kappa shape index (κ3) is 1.76. The van der Waals surface area contributed by atoms with Crippen molar-refractivity contribution in [3.8, 4) is 0 Å². The molecule has 0 aliphatic rings. The summed E-state index contributed by atoms with van der Waals surface area (Å²) in [6, 6.07) is 3.66. The molecule has 5 heteroatoms. The number of nitrogens with zero attached hydrogens (tertiary/aromatic N) is 1. The molecule has 0 atom stereocenters. The highest BCUT2D eigenvalue weighted by Crippen LogP contribution is 2.17. The molecule has 0 heterocycles. The fourth-order valence-corrected chi connectivity index (χ4v) is 0.892. The molecule has 0 aromatic heterocycles. The summed E-state index contributed by atoms with van der Waals surface area (Å²) >= 11 is 0. The minimum atomic E-state index is -0.698. The monoisotopic (exact) mass is 179 g/mol. The summed E-state index contributed by atoms with van der Waals surface area (Å²) in [7, 11) is 0. The number of benzene rings is 1. The van der Waals surface area contributed by atoms with Gasteiger partial charge in [-0.1, -0.05) is 6.07 Å². The van der Waals surface area contributed by atoms with Gasteiger partial charge in [-0.3, -0.25) is 19.7 Å². The number of rotatable bonds is 3. The molecule has 0 aliphatic heterocycles. The van der Waals surface area contributed by atoms with Crippen LogP contribution in [0.15, 0.2) is 18.2 Å². The van der Waals surface area contributed by atoms with Crippen molar-refractivity contribution in [2.45, 2.75) is 0 Å².